The summed E-state index contributed by atoms with van der Waals surface area (Å²) >= 11 is 7.53. The fourth-order valence-corrected chi connectivity index (χ4v) is 3.32. The minimum absolute atomic E-state index is 0.0689. The molecule has 2 rings (SSSR count). The third kappa shape index (κ3) is 3.29. The molecule has 6 heteroatoms. The zero-order valence-corrected chi connectivity index (χ0v) is 13.1. The summed E-state index contributed by atoms with van der Waals surface area (Å²) in [5.74, 6) is 0.0228. The number of nitrogen functional groups attached to an aromatic ring is 1. The number of hydrogen-bond acceptors (Lipinski definition) is 4. The Morgan fingerprint density at radius 3 is 2.65 bits per heavy atom. The summed E-state index contributed by atoms with van der Waals surface area (Å²) < 4.78 is 0. The summed E-state index contributed by atoms with van der Waals surface area (Å²) in [5.41, 5.74) is 7.14. The van der Waals surface area contributed by atoms with Gasteiger partial charge >= 0.3 is 0 Å². The van der Waals surface area contributed by atoms with Crippen LogP contribution in [0.15, 0.2) is 18.2 Å². The first-order chi connectivity index (χ1) is 9.36. The maximum Gasteiger partial charge on any atom is 0.251 e. The van der Waals surface area contributed by atoms with Gasteiger partial charge in [-0.3, -0.25) is 4.79 Å². The number of pyridine rings is 1. The molecule has 0 aliphatic heterocycles. The molecule has 1 unspecified atom stereocenters. The topological polar surface area (TPSA) is 68.0 Å². The molecule has 0 spiro atoms. The van der Waals surface area contributed by atoms with E-state index >= 15 is 0 Å². The summed E-state index contributed by atoms with van der Waals surface area (Å²) in [6, 6.07) is 5.05. The van der Waals surface area contributed by atoms with E-state index in [1.807, 2.05) is 6.92 Å². The van der Waals surface area contributed by atoms with Crippen LogP contribution in [-0.2, 0) is 0 Å². The Hall–Kier alpha value is -1.59. The molecule has 0 aliphatic rings. The average Bonchev–Trinajstić information content (AvgIpc) is 2.67. The number of aryl methyl sites for hydroxylation is 2. The van der Waals surface area contributed by atoms with Gasteiger partial charge in [-0.25, -0.2) is 4.98 Å². The number of rotatable bonds is 3. The van der Waals surface area contributed by atoms with Gasteiger partial charge in [0.05, 0.1) is 6.04 Å². The fourth-order valence-electron chi connectivity index (χ4n) is 2.09. The van der Waals surface area contributed by atoms with Crippen molar-refractivity contribution in [2.75, 3.05) is 5.73 Å². The monoisotopic (exact) mass is 309 g/mol. The van der Waals surface area contributed by atoms with Crippen molar-refractivity contribution < 1.29 is 4.79 Å². The van der Waals surface area contributed by atoms with Crippen molar-refractivity contribution >= 4 is 34.7 Å². The Labute approximate surface area is 127 Å². The van der Waals surface area contributed by atoms with Crippen LogP contribution in [0.1, 0.15) is 38.6 Å². The van der Waals surface area contributed by atoms with E-state index in [1.165, 1.54) is 21.9 Å². The SMILES string of the molecule is Cc1cc(C(C)NC(=O)c2cc(N)nc(Cl)c2)c(C)s1. The fraction of sp³-hybridized carbons (Fsp3) is 0.286. The summed E-state index contributed by atoms with van der Waals surface area (Å²) in [6.45, 7) is 6.06. The van der Waals surface area contributed by atoms with Crippen molar-refractivity contribution in [2.24, 2.45) is 0 Å². The minimum atomic E-state index is -0.211. The van der Waals surface area contributed by atoms with E-state index in [0.29, 0.717) is 5.56 Å². The number of anilines is 1. The molecule has 3 N–H and O–H groups in total. The van der Waals surface area contributed by atoms with Crippen LogP contribution in [0, 0.1) is 13.8 Å². The standard InChI is InChI=1S/C14H16ClN3OS/c1-7-4-11(9(3)20-7)8(2)17-14(19)10-5-12(15)18-13(16)6-10/h4-6,8H,1-3H3,(H2,16,18)(H,17,19). The molecule has 20 heavy (non-hydrogen) atoms. The smallest absolute Gasteiger partial charge is 0.251 e. The molecule has 1 atom stereocenters. The highest BCUT2D eigenvalue weighted by molar-refractivity contribution is 7.12. The van der Waals surface area contributed by atoms with Crippen LogP contribution in [0.4, 0.5) is 5.82 Å². The first kappa shape index (κ1) is 14.8. The molecule has 0 fully saturated rings. The molecule has 106 valence electrons. The van der Waals surface area contributed by atoms with Gasteiger partial charge in [0, 0.05) is 15.3 Å². The van der Waals surface area contributed by atoms with Crippen LogP contribution in [0.25, 0.3) is 0 Å². The summed E-state index contributed by atoms with van der Waals surface area (Å²) in [7, 11) is 0. The highest BCUT2D eigenvalue weighted by Crippen LogP contribution is 2.26. The summed E-state index contributed by atoms with van der Waals surface area (Å²) in [5, 5.41) is 3.16. The highest BCUT2D eigenvalue weighted by Gasteiger charge is 2.15. The Balaban J connectivity index is 2.17. The van der Waals surface area contributed by atoms with Gasteiger partial charge in [-0.15, -0.1) is 11.3 Å². The molecule has 0 saturated carbocycles. The molecular formula is C14H16ClN3OS. The van der Waals surface area contributed by atoms with Crippen LogP contribution in [-0.4, -0.2) is 10.9 Å². The Bertz CT molecular complexity index is 634. The van der Waals surface area contributed by atoms with E-state index in [4.69, 9.17) is 17.3 Å². The maximum absolute atomic E-state index is 12.2. The second-order valence-electron chi connectivity index (χ2n) is 4.67. The van der Waals surface area contributed by atoms with Crippen molar-refractivity contribution in [3.05, 3.63) is 44.2 Å². The lowest BCUT2D eigenvalue weighted by Gasteiger charge is -2.14. The Kier molecular flexibility index (Phi) is 4.30. The molecule has 0 aromatic carbocycles. The lowest BCUT2D eigenvalue weighted by molar-refractivity contribution is 0.0940. The molecule has 1 amide bonds. The molecule has 0 saturated heterocycles. The van der Waals surface area contributed by atoms with Gasteiger partial charge in [-0.2, -0.15) is 0 Å². The molecule has 2 heterocycles. The zero-order chi connectivity index (χ0) is 14.9. The highest BCUT2D eigenvalue weighted by atomic mass is 35.5. The number of carbonyl (C=O) groups excluding carboxylic acids is 1. The number of halogens is 1. The number of aromatic nitrogens is 1. The van der Waals surface area contributed by atoms with E-state index in [-0.39, 0.29) is 22.9 Å². The van der Waals surface area contributed by atoms with Crippen molar-refractivity contribution in [2.45, 2.75) is 26.8 Å². The van der Waals surface area contributed by atoms with Crippen LogP contribution in [0.3, 0.4) is 0 Å². The van der Waals surface area contributed by atoms with E-state index in [9.17, 15) is 4.79 Å². The van der Waals surface area contributed by atoms with E-state index in [1.54, 1.807) is 11.3 Å². The Morgan fingerprint density at radius 2 is 2.10 bits per heavy atom. The van der Waals surface area contributed by atoms with Crippen LogP contribution < -0.4 is 11.1 Å². The quantitative estimate of drug-likeness (QED) is 0.853. The second-order valence-corrected chi connectivity index (χ2v) is 6.51. The molecule has 0 bridgehead atoms. The van der Waals surface area contributed by atoms with E-state index in [0.717, 1.165) is 5.56 Å². The number of amides is 1. The second kappa shape index (κ2) is 5.81. The number of hydrogen-bond donors (Lipinski definition) is 2. The Morgan fingerprint density at radius 1 is 1.40 bits per heavy atom. The van der Waals surface area contributed by atoms with E-state index < -0.39 is 0 Å². The molecule has 4 nitrogen and oxygen atoms in total. The molecular weight excluding hydrogens is 294 g/mol. The van der Waals surface area contributed by atoms with Crippen LogP contribution in [0.2, 0.25) is 5.15 Å². The van der Waals surface area contributed by atoms with E-state index in [2.05, 4.69) is 30.2 Å². The van der Waals surface area contributed by atoms with Gasteiger partial charge < -0.3 is 11.1 Å². The zero-order valence-electron chi connectivity index (χ0n) is 11.5. The lowest BCUT2D eigenvalue weighted by atomic mass is 10.1. The van der Waals surface area contributed by atoms with Gasteiger partial charge in [0.2, 0.25) is 0 Å². The average molecular weight is 310 g/mol. The largest absolute Gasteiger partial charge is 0.384 e. The maximum atomic E-state index is 12.2. The predicted octanol–water partition coefficient (Wildman–Crippen LogP) is 3.49. The third-order valence-electron chi connectivity index (χ3n) is 2.97. The van der Waals surface area contributed by atoms with Crippen LogP contribution >= 0.6 is 22.9 Å². The van der Waals surface area contributed by atoms with Gasteiger partial charge in [-0.05, 0) is 44.5 Å². The van der Waals surface area contributed by atoms with Gasteiger partial charge in [-0.1, -0.05) is 11.6 Å². The minimum Gasteiger partial charge on any atom is -0.384 e. The molecule has 0 aliphatic carbocycles. The van der Waals surface area contributed by atoms with Crippen molar-refractivity contribution in [3.63, 3.8) is 0 Å². The van der Waals surface area contributed by atoms with Crippen LogP contribution in [0.5, 0.6) is 0 Å². The normalized spacial score (nSPS) is 12.2. The molecule has 2 aromatic rings. The summed E-state index contributed by atoms with van der Waals surface area (Å²) in [6.07, 6.45) is 0. The first-order valence-electron chi connectivity index (χ1n) is 6.17. The third-order valence-corrected chi connectivity index (χ3v) is 4.14. The van der Waals surface area contributed by atoms with Gasteiger partial charge in [0.1, 0.15) is 11.0 Å². The number of nitrogens with zero attached hydrogens (tertiary/aromatic N) is 1. The van der Waals surface area contributed by atoms with Crippen molar-refractivity contribution in [3.8, 4) is 0 Å². The predicted molar refractivity (Wildman–Crippen MR) is 83.3 cm³/mol. The summed E-state index contributed by atoms with van der Waals surface area (Å²) in [4.78, 5) is 18.5. The number of nitrogens with two attached hydrogens (primary N) is 1. The van der Waals surface area contributed by atoms with Crippen molar-refractivity contribution in [1.29, 1.82) is 0 Å². The lowest BCUT2D eigenvalue weighted by Crippen LogP contribution is -2.27. The number of carbonyl (C=O) groups is 1. The first-order valence-corrected chi connectivity index (χ1v) is 7.37. The molecule has 2 aromatic heterocycles. The number of thiophene rings is 1. The van der Waals surface area contributed by atoms with Gasteiger partial charge in [0.15, 0.2) is 0 Å². The molecule has 0 radical (unpaired) electrons. The van der Waals surface area contributed by atoms with Gasteiger partial charge in [0.25, 0.3) is 5.91 Å². The van der Waals surface area contributed by atoms with Crippen molar-refractivity contribution in [1.82, 2.24) is 10.3 Å². The number of nitrogens with one attached hydrogen (secondary N) is 1.